The van der Waals surface area contributed by atoms with E-state index in [2.05, 4.69) is 60.7 Å². The predicted molar refractivity (Wildman–Crippen MR) is 102 cm³/mol. The van der Waals surface area contributed by atoms with Gasteiger partial charge < -0.3 is 10.2 Å². The largest absolute Gasteiger partial charge is 0.354 e. The first kappa shape index (κ1) is 17.7. The van der Waals surface area contributed by atoms with Crippen molar-refractivity contribution < 1.29 is 4.79 Å². The third-order valence-electron chi connectivity index (χ3n) is 5.12. The Hall–Kier alpha value is -2.13. The Morgan fingerprint density at radius 1 is 1.00 bits per heavy atom. The molecule has 2 unspecified atom stereocenters. The maximum absolute atomic E-state index is 12.6. The van der Waals surface area contributed by atoms with Gasteiger partial charge in [-0.25, -0.2) is 0 Å². The van der Waals surface area contributed by atoms with Gasteiger partial charge in [0.25, 0.3) is 0 Å². The van der Waals surface area contributed by atoms with E-state index in [9.17, 15) is 4.79 Å². The third kappa shape index (κ3) is 4.93. The zero-order valence-electron chi connectivity index (χ0n) is 15.2. The maximum atomic E-state index is 12.6. The van der Waals surface area contributed by atoms with E-state index in [4.69, 9.17) is 0 Å². The summed E-state index contributed by atoms with van der Waals surface area (Å²) >= 11 is 0. The van der Waals surface area contributed by atoms with E-state index >= 15 is 0 Å². The third-order valence-corrected chi connectivity index (χ3v) is 5.12. The standard InChI is InChI=1S/C22H28N2O/c1-24(2)21(19-11-7-4-8-12-19)16-23-22(25)15-20(18-13-14-18)17-9-5-3-6-10-17/h3-12,18,20-21H,13-16H2,1-2H3,(H,23,25). The Morgan fingerprint density at radius 3 is 2.08 bits per heavy atom. The smallest absolute Gasteiger partial charge is 0.220 e. The highest BCUT2D eigenvalue weighted by Gasteiger charge is 2.33. The zero-order chi connectivity index (χ0) is 17.6. The average molecular weight is 336 g/mol. The molecular weight excluding hydrogens is 308 g/mol. The number of nitrogens with zero attached hydrogens (tertiary/aromatic N) is 1. The molecule has 2 atom stereocenters. The summed E-state index contributed by atoms with van der Waals surface area (Å²) in [7, 11) is 4.11. The number of likely N-dealkylation sites (N-methyl/N-ethyl adjacent to an activating group) is 1. The number of rotatable bonds is 8. The lowest BCUT2D eigenvalue weighted by Crippen LogP contribution is -2.35. The molecule has 132 valence electrons. The van der Waals surface area contributed by atoms with E-state index in [0.717, 1.165) is 0 Å². The normalized spacial score (nSPS) is 16.4. The Bertz CT molecular complexity index is 665. The summed E-state index contributed by atoms with van der Waals surface area (Å²) < 4.78 is 0. The van der Waals surface area contributed by atoms with Gasteiger partial charge in [-0.1, -0.05) is 60.7 Å². The minimum atomic E-state index is 0.156. The summed E-state index contributed by atoms with van der Waals surface area (Å²) in [5.41, 5.74) is 2.53. The molecule has 25 heavy (non-hydrogen) atoms. The van der Waals surface area contributed by atoms with Crippen LogP contribution in [-0.4, -0.2) is 31.4 Å². The Balaban J connectivity index is 1.59. The summed E-state index contributed by atoms with van der Waals surface area (Å²) in [5, 5.41) is 3.16. The lowest BCUT2D eigenvalue weighted by atomic mass is 9.90. The zero-order valence-corrected chi connectivity index (χ0v) is 15.2. The van der Waals surface area contributed by atoms with E-state index in [1.54, 1.807) is 0 Å². The molecule has 1 aliphatic rings. The number of carbonyl (C=O) groups excluding carboxylic acids is 1. The van der Waals surface area contributed by atoms with Crippen LogP contribution in [0, 0.1) is 5.92 Å². The van der Waals surface area contributed by atoms with Gasteiger partial charge >= 0.3 is 0 Å². The lowest BCUT2D eigenvalue weighted by molar-refractivity contribution is -0.121. The molecule has 0 saturated heterocycles. The molecule has 1 N–H and O–H groups in total. The lowest BCUT2D eigenvalue weighted by Gasteiger charge is -2.25. The molecule has 1 aliphatic carbocycles. The highest BCUT2D eigenvalue weighted by atomic mass is 16.1. The van der Waals surface area contributed by atoms with Crippen LogP contribution in [0.15, 0.2) is 60.7 Å². The number of carbonyl (C=O) groups is 1. The van der Waals surface area contributed by atoms with Crippen molar-refractivity contribution in [1.82, 2.24) is 10.2 Å². The van der Waals surface area contributed by atoms with E-state index in [-0.39, 0.29) is 11.9 Å². The van der Waals surface area contributed by atoms with Gasteiger partial charge in [0.1, 0.15) is 0 Å². The van der Waals surface area contributed by atoms with Crippen LogP contribution in [0.25, 0.3) is 0 Å². The number of hydrogen-bond donors (Lipinski definition) is 1. The molecule has 0 aromatic heterocycles. The van der Waals surface area contributed by atoms with Crippen LogP contribution in [0.3, 0.4) is 0 Å². The van der Waals surface area contributed by atoms with Gasteiger partial charge in [0.15, 0.2) is 0 Å². The molecule has 0 heterocycles. The van der Waals surface area contributed by atoms with Crippen molar-refractivity contribution in [2.45, 2.75) is 31.2 Å². The molecule has 0 radical (unpaired) electrons. The second-order valence-electron chi connectivity index (χ2n) is 7.25. The van der Waals surface area contributed by atoms with E-state index < -0.39 is 0 Å². The molecule has 3 rings (SSSR count). The van der Waals surface area contributed by atoms with Gasteiger partial charge in [0.2, 0.25) is 5.91 Å². The molecule has 0 spiro atoms. The monoisotopic (exact) mass is 336 g/mol. The number of nitrogens with one attached hydrogen (secondary N) is 1. The fourth-order valence-corrected chi connectivity index (χ4v) is 3.51. The van der Waals surface area contributed by atoms with Crippen LogP contribution >= 0.6 is 0 Å². The summed E-state index contributed by atoms with van der Waals surface area (Å²) in [5.74, 6) is 1.19. The quantitative estimate of drug-likeness (QED) is 0.790. The molecule has 3 heteroatoms. The molecule has 1 fully saturated rings. The second kappa shape index (κ2) is 8.30. The number of benzene rings is 2. The number of hydrogen-bond acceptors (Lipinski definition) is 2. The first-order chi connectivity index (χ1) is 12.1. The Labute approximate surface area is 151 Å². The van der Waals surface area contributed by atoms with Crippen molar-refractivity contribution in [3.05, 3.63) is 71.8 Å². The molecule has 2 aromatic rings. The summed E-state index contributed by atoms with van der Waals surface area (Å²) in [6, 6.07) is 21.0. The molecule has 0 aliphatic heterocycles. The van der Waals surface area contributed by atoms with Gasteiger partial charge in [-0.2, -0.15) is 0 Å². The minimum Gasteiger partial charge on any atom is -0.354 e. The molecular formula is C22H28N2O. The number of amides is 1. The van der Waals surface area contributed by atoms with Crippen LogP contribution in [0.4, 0.5) is 0 Å². The average Bonchev–Trinajstić information content (AvgIpc) is 3.46. The predicted octanol–water partition coefficient (Wildman–Crippen LogP) is 3.99. The first-order valence-corrected chi connectivity index (χ1v) is 9.18. The minimum absolute atomic E-state index is 0.156. The fourth-order valence-electron chi connectivity index (χ4n) is 3.51. The van der Waals surface area contributed by atoms with Crippen LogP contribution in [0.5, 0.6) is 0 Å². The van der Waals surface area contributed by atoms with E-state index in [1.165, 1.54) is 24.0 Å². The van der Waals surface area contributed by atoms with Gasteiger partial charge in [0.05, 0.1) is 6.04 Å². The van der Waals surface area contributed by atoms with Crippen molar-refractivity contribution in [3.63, 3.8) is 0 Å². The molecule has 0 bridgehead atoms. The van der Waals surface area contributed by atoms with E-state index in [0.29, 0.717) is 24.8 Å². The van der Waals surface area contributed by atoms with Crippen molar-refractivity contribution in [3.8, 4) is 0 Å². The highest BCUT2D eigenvalue weighted by molar-refractivity contribution is 5.77. The van der Waals surface area contributed by atoms with Crippen molar-refractivity contribution in [2.75, 3.05) is 20.6 Å². The molecule has 3 nitrogen and oxygen atoms in total. The maximum Gasteiger partial charge on any atom is 0.220 e. The van der Waals surface area contributed by atoms with Crippen LogP contribution < -0.4 is 5.32 Å². The first-order valence-electron chi connectivity index (χ1n) is 9.18. The van der Waals surface area contributed by atoms with Crippen LogP contribution in [-0.2, 0) is 4.79 Å². The fraction of sp³-hybridized carbons (Fsp3) is 0.409. The Morgan fingerprint density at radius 2 is 1.56 bits per heavy atom. The Kier molecular flexibility index (Phi) is 5.87. The second-order valence-corrected chi connectivity index (χ2v) is 7.25. The van der Waals surface area contributed by atoms with Crippen molar-refractivity contribution in [1.29, 1.82) is 0 Å². The molecule has 1 saturated carbocycles. The van der Waals surface area contributed by atoms with Crippen LogP contribution in [0.1, 0.15) is 42.3 Å². The SMILES string of the molecule is CN(C)C(CNC(=O)CC(c1ccccc1)C1CC1)c1ccccc1. The van der Waals surface area contributed by atoms with Crippen LogP contribution in [0.2, 0.25) is 0 Å². The topological polar surface area (TPSA) is 32.3 Å². The summed E-state index contributed by atoms with van der Waals surface area (Å²) in [4.78, 5) is 14.7. The van der Waals surface area contributed by atoms with Gasteiger partial charge in [-0.05, 0) is 49.9 Å². The van der Waals surface area contributed by atoms with Gasteiger partial charge in [0, 0.05) is 13.0 Å². The highest BCUT2D eigenvalue weighted by Crippen LogP contribution is 2.44. The van der Waals surface area contributed by atoms with E-state index in [1.807, 2.05) is 24.3 Å². The van der Waals surface area contributed by atoms with Crippen molar-refractivity contribution in [2.24, 2.45) is 5.92 Å². The summed E-state index contributed by atoms with van der Waals surface area (Å²) in [6.07, 6.45) is 3.08. The van der Waals surface area contributed by atoms with Crippen molar-refractivity contribution >= 4 is 5.91 Å². The summed E-state index contributed by atoms with van der Waals surface area (Å²) in [6.45, 7) is 0.641. The molecule has 1 amide bonds. The molecule has 2 aromatic carbocycles. The van der Waals surface area contributed by atoms with Gasteiger partial charge in [-0.3, -0.25) is 4.79 Å². The van der Waals surface area contributed by atoms with Gasteiger partial charge in [-0.15, -0.1) is 0 Å².